The van der Waals surface area contributed by atoms with Crippen LogP contribution in [0, 0.1) is 0 Å². The van der Waals surface area contributed by atoms with Crippen LogP contribution in [0.5, 0.6) is 5.75 Å². The van der Waals surface area contributed by atoms with E-state index < -0.39 is 17.6 Å². The lowest BCUT2D eigenvalue weighted by Gasteiger charge is -2.13. The van der Waals surface area contributed by atoms with Gasteiger partial charge in [-0.15, -0.1) is 12.4 Å². The maximum atomic E-state index is 12.4. The summed E-state index contributed by atoms with van der Waals surface area (Å²) in [6, 6.07) is 4.15. The molecule has 0 bridgehead atoms. The summed E-state index contributed by atoms with van der Waals surface area (Å²) in [6.07, 6.45) is -4.43. The van der Waals surface area contributed by atoms with Crippen LogP contribution in [-0.2, 0) is 11.0 Å². The molecule has 3 N–H and O–H groups in total. The van der Waals surface area contributed by atoms with Gasteiger partial charge >= 0.3 is 6.18 Å². The first-order valence-electron chi connectivity index (χ1n) is 5.62. The molecule has 1 amide bonds. The maximum Gasteiger partial charge on any atom is 0.416 e. The van der Waals surface area contributed by atoms with Crippen LogP contribution in [0.3, 0.4) is 0 Å². The van der Waals surface area contributed by atoms with Crippen molar-refractivity contribution in [3.63, 3.8) is 0 Å². The number of hydrogen-bond acceptors (Lipinski definition) is 3. The van der Waals surface area contributed by atoms with Crippen LogP contribution >= 0.6 is 12.4 Å². The van der Waals surface area contributed by atoms with E-state index in [0.717, 1.165) is 12.1 Å². The number of amides is 1. The van der Waals surface area contributed by atoms with Crippen molar-refractivity contribution in [1.29, 1.82) is 0 Å². The Hall–Kier alpha value is -1.47. The zero-order valence-electron chi connectivity index (χ0n) is 10.7. The smallest absolute Gasteiger partial charge is 0.416 e. The van der Waals surface area contributed by atoms with Crippen molar-refractivity contribution < 1.29 is 22.7 Å². The number of alkyl halides is 3. The second-order valence-electron chi connectivity index (χ2n) is 4.02. The molecule has 0 radical (unpaired) electrons. The summed E-state index contributed by atoms with van der Waals surface area (Å²) in [7, 11) is 0. The second kappa shape index (κ2) is 7.96. The Bertz CT molecular complexity index is 441. The lowest BCUT2D eigenvalue weighted by atomic mass is 10.2. The van der Waals surface area contributed by atoms with Gasteiger partial charge in [-0.05, 0) is 25.1 Å². The van der Waals surface area contributed by atoms with Gasteiger partial charge in [0.1, 0.15) is 5.75 Å². The second-order valence-corrected chi connectivity index (χ2v) is 4.02. The molecule has 1 aromatic rings. The first kappa shape index (κ1) is 18.5. The standard InChI is InChI=1S/C12H15F3N2O2.ClH/c1-8(6-16)17-11(18)7-19-10-4-2-3-9(5-10)12(13,14)15;/h2-5,8H,6-7,16H2,1H3,(H,17,18);1H/t8-;/m0./s1. The average Bonchev–Trinajstić information content (AvgIpc) is 2.35. The van der Waals surface area contributed by atoms with Gasteiger partial charge in [-0.1, -0.05) is 6.07 Å². The van der Waals surface area contributed by atoms with Gasteiger partial charge in [-0.2, -0.15) is 13.2 Å². The van der Waals surface area contributed by atoms with Gasteiger partial charge in [0, 0.05) is 12.6 Å². The van der Waals surface area contributed by atoms with Crippen molar-refractivity contribution in [3.05, 3.63) is 29.8 Å². The number of halogens is 4. The Balaban J connectivity index is 0.00000361. The topological polar surface area (TPSA) is 64.3 Å². The van der Waals surface area contributed by atoms with E-state index in [1.165, 1.54) is 12.1 Å². The van der Waals surface area contributed by atoms with Crippen molar-refractivity contribution in [2.45, 2.75) is 19.1 Å². The number of rotatable bonds is 5. The Labute approximate surface area is 120 Å². The number of benzene rings is 1. The van der Waals surface area contributed by atoms with E-state index in [9.17, 15) is 18.0 Å². The highest BCUT2D eigenvalue weighted by Gasteiger charge is 2.30. The molecule has 0 aliphatic carbocycles. The molecule has 1 rings (SSSR count). The Morgan fingerprint density at radius 2 is 2.10 bits per heavy atom. The first-order valence-corrected chi connectivity index (χ1v) is 5.62. The van der Waals surface area contributed by atoms with Gasteiger partial charge in [0.05, 0.1) is 5.56 Å². The molecule has 20 heavy (non-hydrogen) atoms. The Morgan fingerprint density at radius 3 is 2.65 bits per heavy atom. The van der Waals surface area contributed by atoms with Gasteiger partial charge < -0.3 is 15.8 Å². The Kier molecular flexibility index (Phi) is 7.38. The van der Waals surface area contributed by atoms with E-state index in [-0.39, 0.29) is 37.4 Å². The lowest BCUT2D eigenvalue weighted by molar-refractivity contribution is -0.137. The monoisotopic (exact) mass is 312 g/mol. The third-order valence-electron chi connectivity index (χ3n) is 2.29. The minimum atomic E-state index is -4.43. The SMILES string of the molecule is C[C@@H](CN)NC(=O)COc1cccc(C(F)(F)F)c1.Cl. The molecule has 114 valence electrons. The third kappa shape index (κ3) is 6.12. The van der Waals surface area contributed by atoms with Gasteiger partial charge in [0.15, 0.2) is 6.61 Å². The summed E-state index contributed by atoms with van der Waals surface area (Å²) in [5.74, 6) is -0.444. The summed E-state index contributed by atoms with van der Waals surface area (Å²) in [5.41, 5.74) is 4.50. The van der Waals surface area contributed by atoms with Crippen LogP contribution in [0.25, 0.3) is 0 Å². The average molecular weight is 313 g/mol. The molecule has 0 saturated heterocycles. The zero-order chi connectivity index (χ0) is 14.5. The fourth-order valence-electron chi connectivity index (χ4n) is 1.29. The van der Waals surface area contributed by atoms with Crippen LogP contribution in [-0.4, -0.2) is 25.1 Å². The van der Waals surface area contributed by atoms with E-state index in [0.29, 0.717) is 0 Å². The van der Waals surface area contributed by atoms with Crippen molar-refractivity contribution in [3.8, 4) is 5.75 Å². The minimum absolute atomic E-state index is 0. The van der Waals surface area contributed by atoms with Gasteiger partial charge in [-0.3, -0.25) is 4.79 Å². The summed E-state index contributed by atoms with van der Waals surface area (Å²) < 4.78 is 42.3. The lowest BCUT2D eigenvalue weighted by Crippen LogP contribution is -2.40. The highest BCUT2D eigenvalue weighted by atomic mass is 35.5. The number of carbonyl (C=O) groups is 1. The van der Waals surface area contributed by atoms with Crippen LogP contribution in [0.2, 0.25) is 0 Å². The molecule has 0 unspecified atom stereocenters. The molecule has 0 aromatic heterocycles. The van der Waals surface area contributed by atoms with Crippen LogP contribution in [0.15, 0.2) is 24.3 Å². The van der Waals surface area contributed by atoms with Gasteiger partial charge in [0.2, 0.25) is 0 Å². The maximum absolute atomic E-state index is 12.4. The summed E-state index contributed by atoms with van der Waals surface area (Å²) in [5, 5.41) is 2.53. The van der Waals surface area contributed by atoms with Crippen LogP contribution < -0.4 is 15.8 Å². The van der Waals surface area contributed by atoms with E-state index >= 15 is 0 Å². The fraction of sp³-hybridized carbons (Fsp3) is 0.417. The number of hydrogen-bond donors (Lipinski definition) is 2. The van der Waals surface area contributed by atoms with E-state index in [2.05, 4.69) is 5.32 Å². The van der Waals surface area contributed by atoms with Crippen LogP contribution in [0.1, 0.15) is 12.5 Å². The molecule has 0 heterocycles. The predicted molar refractivity (Wildman–Crippen MR) is 70.8 cm³/mol. The molecule has 0 saturated carbocycles. The molecule has 0 spiro atoms. The van der Waals surface area contributed by atoms with Crippen molar-refractivity contribution in [1.82, 2.24) is 5.32 Å². The quantitative estimate of drug-likeness (QED) is 0.873. The molecule has 4 nitrogen and oxygen atoms in total. The summed E-state index contributed by atoms with van der Waals surface area (Å²) in [4.78, 5) is 11.4. The highest BCUT2D eigenvalue weighted by Crippen LogP contribution is 2.31. The first-order chi connectivity index (χ1) is 8.82. The summed E-state index contributed by atoms with van der Waals surface area (Å²) >= 11 is 0. The van der Waals surface area contributed by atoms with E-state index in [4.69, 9.17) is 10.5 Å². The highest BCUT2D eigenvalue weighted by molar-refractivity contribution is 5.85. The Morgan fingerprint density at radius 1 is 1.45 bits per heavy atom. The van der Waals surface area contributed by atoms with Crippen molar-refractivity contribution >= 4 is 18.3 Å². The number of nitrogens with two attached hydrogens (primary N) is 1. The molecule has 0 aliphatic heterocycles. The van der Waals surface area contributed by atoms with E-state index in [1.54, 1.807) is 6.92 Å². The molecule has 1 atom stereocenters. The largest absolute Gasteiger partial charge is 0.484 e. The fourth-order valence-corrected chi connectivity index (χ4v) is 1.29. The molecule has 1 aromatic carbocycles. The van der Waals surface area contributed by atoms with Gasteiger partial charge in [-0.25, -0.2) is 0 Å². The van der Waals surface area contributed by atoms with E-state index in [1.807, 2.05) is 0 Å². The minimum Gasteiger partial charge on any atom is -0.484 e. The number of nitrogens with one attached hydrogen (secondary N) is 1. The summed E-state index contributed by atoms with van der Waals surface area (Å²) in [6.45, 7) is 1.63. The molecule has 0 aliphatic rings. The molecular formula is C12H16ClF3N2O2. The van der Waals surface area contributed by atoms with Crippen LogP contribution in [0.4, 0.5) is 13.2 Å². The molecule has 8 heteroatoms. The number of ether oxygens (including phenoxy) is 1. The molecule has 0 fully saturated rings. The normalized spacial score (nSPS) is 12.2. The van der Waals surface area contributed by atoms with Gasteiger partial charge in [0.25, 0.3) is 5.91 Å². The molecular weight excluding hydrogens is 297 g/mol. The predicted octanol–water partition coefficient (Wildman–Crippen LogP) is 1.97. The zero-order valence-corrected chi connectivity index (χ0v) is 11.6. The van der Waals surface area contributed by atoms with Crippen molar-refractivity contribution in [2.24, 2.45) is 5.73 Å². The van der Waals surface area contributed by atoms with Crippen molar-refractivity contribution in [2.75, 3.05) is 13.2 Å². The number of carbonyl (C=O) groups excluding carboxylic acids is 1. The third-order valence-corrected chi connectivity index (χ3v) is 2.29.